The smallest absolute Gasteiger partial charge is 0.0657 e. The minimum absolute atomic E-state index is 0.299. The number of rotatable bonds is 0. The molecule has 0 heterocycles. The average Bonchev–Trinajstić information content (AvgIpc) is 1.96. The monoisotopic (exact) mass is 167 g/mol. The van der Waals surface area contributed by atoms with Gasteiger partial charge in [-0.1, -0.05) is 0 Å². The van der Waals surface area contributed by atoms with Crippen molar-refractivity contribution >= 4 is 0 Å². The van der Waals surface area contributed by atoms with Gasteiger partial charge in [0.1, 0.15) is 0 Å². The van der Waals surface area contributed by atoms with Crippen LogP contribution in [-0.4, -0.2) is 16.7 Å². The van der Waals surface area contributed by atoms with Crippen molar-refractivity contribution in [3.05, 3.63) is 0 Å². The molecule has 2 nitrogen and oxygen atoms in total. The van der Waals surface area contributed by atoms with Crippen LogP contribution in [0.2, 0.25) is 0 Å². The fraction of sp³-hybridized carbons (Fsp3) is 1.00. The van der Waals surface area contributed by atoms with Crippen molar-refractivity contribution < 1.29 is 5.11 Å². The first-order valence-corrected chi connectivity index (χ1v) is 5.14. The van der Waals surface area contributed by atoms with Gasteiger partial charge >= 0.3 is 0 Å². The van der Waals surface area contributed by atoms with E-state index >= 15 is 0 Å². The maximum absolute atomic E-state index is 10.2. The summed E-state index contributed by atoms with van der Waals surface area (Å²) in [6.45, 7) is 0. The van der Waals surface area contributed by atoms with Crippen LogP contribution in [0.4, 0.5) is 0 Å². The van der Waals surface area contributed by atoms with Gasteiger partial charge in [-0.05, 0) is 49.9 Å². The van der Waals surface area contributed by atoms with Crippen LogP contribution in [0, 0.1) is 17.8 Å². The van der Waals surface area contributed by atoms with E-state index in [0.717, 1.165) is 25.2 Å². The van der Waals surface area contributed by atoms with Crippen molar-refractivity contribution in [3.8, 4) is 0 Å². The molecule has 2 atom stereocenters. The average molecular weight is 167 g/mol. The molecule has 12 heavy (non-hydrogen) atoms. The third-order valence-corrected chi connectivity index (χ3v) is 4.31. The summed E-state index contributed by atoms with van der Waals surface area (Å²) in [5.74, 6) is 2.08. The van der Waals surface area contributed by atoms with Crippen LogP contribution in [-0.2, 0) is 0 Å². The first kappa shape index (κ1) is 7.34. The molecule has 4 bridgehead atoms. The van der Waals surface area contributed by atoms with E-state index in [1.165, 1.54) is 12.8 Å². The van der Waals surface area contributed by atoms with Gasteiger partial charge < -0.3 is 10.8 Å². The SMILES string of the molecule is N[C@H]1C2CC3(O)CC1C[C@H](C2)C3. The molecule has 0 radical (unpaired) electrons. The summed E-state index contributed by atoms with van der Waals surface area (Å²) in [7, 11) is 0. The van der Waals surface area contributed by atoms with Crippen LogP contribution in [0.1, 0.15) is 32.1 Å². The zero-order chi connectivity index (χ0) is 8.34. The summed E-state index contributed by atoms with van der Waals surface area (Å²) in [5, 5.41) is 10.2. The third kappa shape index (κ3) is 0.826. The first-order chi connectivity index (χ1) is 5.66. The molecule has 0 saturated heterocycles. The molecule has 0 aromatic carbocycles. The summed E-state index contributed by atoms with van der Waals surface area (Å²) in [6, 6.07) is 0.404. The zero-order valence-corrected chi connectivity index (χ0v) is 7.37. The van der Waals surface area contributed by atoms with Crippen LogP contribution >= 0.6 is 0 Å². The van der Waals surface area contributed by atoms with Crippen LogP contribution in [0.3, 0.4) is 0 Å². The van der Waals surface area contributed by atoms with Gasteiger partial charge in [0.25, 0.3) is 0 Å². The fourth-order valence-corrected chi connectivity index (χ4v) is 4.02. The normalized spacial score (nSPS) is 62.5. The van der Waals surface area contributed by atoms with Crippen LogP contribution in [0.5, 0.6) is 0 Å². The maximum atomic E-state index is 10.2. The molecule has 4 fully saturated rings. The fourth-order valence-electron chi connectivity index (χ4n) is 4.02. The second kappa shape index (κ2) is 2.05. The third-order valence-electron chi connectivity index (χ3n) is 4.31. The van der Waals surface area contributed by atoms with Crippen molar-refractivity contribution in [2.24, 2.45) is 23.5 Å². The lowest BCUT2D eigenvalue weighted by atomic mass is 9.52. The number of hydrogen-bond donors (Lipinski definition) is 2. The summed E-state index contributed by atoms with van der Waals surface area (Å²) >= 11 is 0. The Bertz CT molecular complexity index is 200. The van der Waals surface area contributed by atoms with Crippen LogP contribution in [0.25, 0.3) is 0 Å². The van der Waals surface area contributed by atoms with Gasteiger partial charge in [0.2, 0.25) is 0 Å². The molecule has 0 aromatic rings. The second-order valence-electron chi connectivity index (χ2n) is 5.27. The molecule has 0 aromatic heterocycles. The van der Waals surface area contributed by atoms with Gasteiger partial charge in [-0.25, -0.2) is 0 Å². The molecule has 4 rings (SSSR count). The first-order valence-electron chi connectivity index (χ1n) is 5.14. The van der Waals surface area contributed by atoms with Gasteiger partial charge in [-0.2, -0.15) is 0 Å². The van der Waals surface area contributed by atoms with E-state index in [1.807, 2.05) is 0 Å². The summed E-state index contributed by atoms with van der Waals surface area (Å²) < 4.78 is 0. The Morgan fingerprint density at radius 1 is 1.08 bits per heavy atom. The Morgan fingerprint density at radius 2 is 1.67 bits per heavy atom. The summed E-state index contributed by atoms with van der Waals surface area (Å²) in [4.78, 5) is 0. The molecule has 0 spiro atoms. The Kier molecular flexibility index (Phi) is 1.25. The molecule has 4 saturated carbocycles. The van der Waals surface area contributed by atoms with E-state index in [4.69, 9.17) is 5.73 Å². The second-order valence-corrected chi connectivity index (χ2v) is 5.27. The summed E-state index contributed by atoms with van der Waals surface area (Å²) in [5.41, 5.74) is 5.82. The molecule has 2 heteroatoms. The van der Waals surface area contributed by atoms with Crippen molar-refractivity contribution in [2.45, 2.75) is 43.7 Å². The number of hydrogen-bond acceptors (Lipinski definition) is 2. The van der Waals surface area contributed by atoms with E-state index in [-0.39, 0.29) is 5.60 Å². The molecule has 0 amide bonds. The van der Waals surface area contributed by atoms with Crippen molar-refractivity contribution in [1.82, 2.24) is 0 Å². The van der Waals surface area contributed by atoms with E-state index in [9.17, 15) is 5.11 Å². The minimum Gasteiger partial charge on any atom is -0.390 e. The van der Waals surface area contributed by atoms with E-state index in [0.29, 0.717) is 17.9 Å². The summed E-state index contributed by atoms with van der Waals surface area (Å²) in [6.07, 6.45) is 5.62. The zero-order valence-electron chi connectivity index (χ0n) is 7.37. The van der Waals surface area contributed by atoms with Gasteiger partial charge in [0.05, 0.1) is 5.60 Å². The largest absolute Gasteiger partial charge is 0.390 e. The highest BCUT2D eigenvalue weighted by Crippen LogP contribution is 2.54. The van der Waals surface area contributed by atoms with E-state index in [2.05, 4.69) is 0 Å². The molecule has 2 unspecified atom stereocenters. The van der Waals surface area contributed by atoms with Crippen molar-refractivity contribution in [3.63, 3.8) is 0 Å². The van der Waals surface area contributed by atoms with E-state index in [1.54, 1.807) is 0 Å². The number of aliphatic hydroxyl groups is 1. The maximum Gasteiger partial charge on any atom is 0.0657 e. The molecule has 4 aliphatic carbocycles. The lowest BCUT2D eigenvalue weighted by molar-refractivity contribution is -0.132. The van der Waals surface area contributed by atoms with Crippen molar-refractivity contribution in [2.75, 3.05) is 0 Å². The highest BCUT2D eigenvalue weighted by atomic mass is 16.3. The Balaban J connectivity index is 1.95. The van der Waals surface area contributed by atoms with E-state index < -0.39 is 0 Å². The topological polar surface area (TPSA) is 46.2 Å². The Hall–Kier alpha value is -0.0800. The molecular formula is C10H17NO. The highest BCUT2D eigenvalue weighted by Gasteiger charge is 2.53. The minimum atomic E-state index is -0.299. The molecule has 4 aliphatic rings. The van der Waals surface area contributed by atoms with Gasteiger partial charge in [0.15, 0.2) is 0 Å². The standard InChI is InChI=1S/C10H17NO/c11-9-7-1-6-2-8(9)5-10(12,3-6)4-7/h6-9,12H,1-5,11H2/t6-,7?,8?,9-,10?. The Labute approximate surface area is 73.1 Å². The quantitative estimate of drug-likeness (QED) is 0.562. The van der Waals surface area contributed by atoms with Gasteiger partial charge in [-0.3, -0.25) is 0 Å². The van der Waals surface area contributed by atoms with Crippen molar-refractivity contribution in [1.29, 1.82) is 0 Å². The number of nitrogens with two attached hydrogens (primary N) is 1. The van der Waals surface area contributed by atoms with Crippen LogP contribution < -0.4 is 5.73 Å². The molecular weight excluding hydrogens is 150 g/mol. The van der Waals surface area contributed by atoms with Crippen LogP contribution in [0.15, 0.2) is 0 Å². The molecule has 68 valence electrons. The molecule has 0 aliphatic heterocycles. The Morgan fingerprint density at radius 3 is 2.17 bits per heavy atom. The van der Waals surface area contributed by atoms with Gasteiger partial charge in [0, 0.05) is 6.04 Å². The lowest BCUT2D eigenvalue weighted by Crippen LogP contribution is -2.59. The molecule has 3 N–H and O–H groups in total. The van der Waals surface area contributed by atoms with Gasteiger partial charge in [-0.15, -0.1) is 0 Å². The lowest BCUT2D eigenvalue weighted by Gasteiger charge is -2.57. The highest BCUT2D eigenvalue weighted by molar-refractivity contribution is 5.06. The predicted octanol–water partition coefficient (Wildman–Crippen LogP) is 0.885. The predicted molar refractivity (Wildman–Crippen MR) is 46.5 cm³/mol.